The van der Waals surface area contributed by atoms with Crippen LogP contribution in [0.2, 0.25) is 5.02 Å². The van der Waals surface area contributed by atoms with Gasteiger partial charge in [0.05, 0.1) is 0 Å². The third kappa shape index (κ3) is 3.82. The second-order valence-electron chi connectivity index (χ2n) is 4.69. The van der Waals surface area contributed by atoms with Crippen molar-refractivity contribution >= 4 is 27.5 Å². The zero-order valence-corrected chi connectivity index (χ0v) is 13.4. The molecule has 0 aliphatic carbocycles. The number of rotatable bonds is 4. The first-order valence-electron chi connectivity index (χ1n) is 6.34. The minimum absolute atomic E-state index is 0.251. The van der Waals surface area contributed by atoms with Crippen molar-refractivity contribution in [2.75, 3.05) is 0 Å². The molecule has 2 unspecified atom stereocenters. The first-order valence-corrected chi connectivity index (χ1v) is 7.51. The molecule has 2 rings (SSSR count). The van der Waals surface area contributed by atoms with Crippen molar-refractivity contribution in [3.8, 4) is 0 Å². The van der Waals surface area contributed by atoms with Crippen molar-refractivity contribution in [2.24, 2.45) is 0 Å². The maximum absolute atomic E-state index is 6.03. The highest BCUT2D eigenvalue weighted by molar-refractivity contribution is 9.10. The Morgan fingerprint density at radius 3 is 2.42 bits per heavy atom. The summed E-state index contributed by atoms with van der Waals surface area (Å²) >= 11 is 9.63. The summed E-state index contributed by atoms with van der Waals surface area (Å²) in [7, 11) is 0. The van der Waals surface area contributed by atoms with Crippen molar-refractivity contribution in [1.82, 2.24) is 5.32 Å². The standard InChI is InChI=1S/C16H17BrClN/c1-11(13-6-5-7-14(18)10-13)19-12(2)15-8-3-4-9-16(15)17/h3-12,19H,1-2H3. The monoisotopic (exact) mass is 337 g/mol. The molecule has 0 saturated carbocycles. The van der Waals surface area contributed by atoms with Gasteiger partial charge in [-0.15, -0.1) is 0 Å². The molecule has 3 heteroatoms. The Morgan fingerprint density at radius 1 is 1.00 bits per heavy atom. The number of benzene rings is 2. The van der Waals surface area contributed by atoms with Gasteiger partial charge in [-0.05, 0) is 43.2 Å². The molecule has 0 radical (unpaired) electrons. The van der Waals surface area contributed by atoms with Gasteiger partial charge in [-0.3, -0.25) is 0 Å². The second kappa shape index (κ2) is 6.56. The fraction of sp³-hybridized carbons (Fsp3) is 0.250. The summed E-state index contributed by atoms with van der Waals surface area (Å²) in [6.07, 6.45) is 0. The van der Waals surface area contributed by atoms with Gasteiger partial charge in [0.25, 0.3) is 0 Å². The molecule has 1 N–H and O–H groups in total. The van der Waals surface area contributed by atoms with Crippen LogP contribution >= 0.6 is 27.5 Å². The summed E-state index contributed by atoms with van der Waals surface area (Å²) in [5, 5.41) is 4.37. The highest BCUT2D eigenvalue weighted by Gasteiger charge is 2.13. The number of hydrogen-bond acceptors (Lipinski definition) is 1. The van der Waals surface area contributed by atoms with Gasteiger partial charge in [0.1, 0.15) is 0 Å². The van der Waals surface area contributed by atoms with E-state index in [0.29, 0.717) is 0 Å². The maximum atomic E-state index is 6.03. The molecule has 2 atom stereocenters. The van der Waals surface area contributed by atoms with E-state index in [-0.39, 0.29) is 12.1 Å². The first kappa shape index (κ1) is 14.6. The first-order chi connectivity index (χ1) is 9.08. The Balaban J connectivity index is 2.11. The third-order valence-electron chi connectivity index (χ3n) is 3.22. The van der Waals surface area contributed by atoms with Crippen molar-refractivity contribution in [3.63, 3.8) is 0 Å². The molecule has 2 aromatic carbocycles. The van der Waals surface area contributed by atoms with Crippen molar-refractivity contribution in [2.45, 2.75) is 25.9 Å². The van der Waals surface area contributed by atoms with Crippen LogP contribution in [0.15, 0.2) is 53.0 Å². The van der Waals surface area contributed by atoms with Crippen LogP contribution in [0.4, 0.5) is 0 Å². The summed E-state index contributed by atoms with van der Waals surface area (Å²) in [5.74, 6) is 0. The lowest BCUT2D eigenvalue weighted by Gasteiger charge is -2.21. The third-order valence-corrected chi connectivity index (χ3v) is 4.18. The van der Waals surface area contributed by atoms with Gasteiger partial charge >= 0.3 is 0 Å². The number of hydrogen-bond donors (Lipinski definition) is 1. The van der Waals surface area contributed by atoms with Crippen LogP contribution in [0.1, 0.15) is 37.1 Å². The zero-order valence-electron chi connectivity index (χ0n) is 11.0. The predicted octanol–water partition coefficient (Wildman–Crippen LogP) is 5.51. The number of nitrogens with one attached hydrogen (secondary N) is 1. The van der Waals surface area contributed by atoms with Gasteiger partial charge < -0.3 is 5.32 Å². The molecule has 0 aliphatic heterocycles. The molecule has 2 aromatic rings. The van der Waals surface area contributed by atoms with E-state index in [1.165, 1.54) is 11.1 Å². The summed E-state index contributed by atoms with van der Waals surface area (Å²) in [6, 6.07) is 16.8. The Hall–Kier alpha value is -0.830. The van der Waals surface area contributed by atoms with E-state index in [1.54, 1.807) is 0 Å². The van der Waals surface area contributed by atoms with E-state index in [4.69, 9.17) is 11.6 Å². The fourth-order valence-corrected chi connectivity index (χ4v) is 2.99. The zero-order chi connectivity index (χ0) is 13.8. The van der Waals surface area contributed by atoms with Crippen molar-refractivity contribution in [1.29, 1.82) is 0 Å². The largest absolute Gasteiger partial charge is 0.304 e. The summed E-state index contributed by atoms with van der Waals surface area (Å²) in [4.78, 5) is 0. The van der Waals surface area contributed by atoms with Crippen LogP contribution in [-0.4, -0.2) is 0 Å². The van der Waals surface area contributed by atoms with Crippen LogP contribution in [0.25, 0.3) is 0 Å². The molecule has 0 fully saturated rings. The summed E-state index contributed by atoms with van der Waals surface area (Å²) in [5.41, 5.74) is 2.46. The SMILES string of the molecule is CC(NC(C)c1ccccc1Br)c1cccc(Cl)c1. The Morgan fingerprint density at radius 2 is 1.74 bits per heavy atom. The lowest BCUT2D eigenvalue weighted by molar-refractivity contribution is 0.493. The van der Waals surface area contributed by atoms with E-state index in [9.17, 15) is 0 Å². The normalized spacial score (nSPS) is 14.1. The van der Waals surface area contributed by atoms with Gasteiger partial charge in [0.2, 0.25) is 0 Å². The molecule has 0 bridgehead atoms. The van der Waals surface area contributed by atoms with E-state index in [2.05, 4.69) is 59.4 Å². The molecule has 0 aliphatic rings. The van der Waals surface area contributed by atoms with E-state index >= 15 is 0 Å². The van der Waals surface area contributed by atoms with Gasteiger partial charge in [0, 0.05) is 21.6 Å². The van der Waals surface area contributed by atoms with Gasteiger partial charge in [-0.25, -0.2) is 0 Å². The molecule has 100 valence electrons. The van der Waals surface area contributed by atoms with Gasteiger partial charge in [0.15, 0.2) is 0 Å². The molecule has 0 aromatic heterocycles. The molecule has 1 nitrogen and oxygen atoms in total. The van der Waals surface area contributed by atoms with E-state index < -0.39 is 0 Å². The lowest BCUT2D eigenvalue weighted by atomic mass is 10.0. The van der Waals surface area contributed by atoms with Gasteiger partial charge in [-0.2, -0.15) is 0 Å². The maximum Gasteiger partial charge on any atom is 0.0409 e. The average Bonchev–Trinajstić information content (AvgIpc) is 2.39. The molecule has 0 saturated heterocycles. The molecule has 19 heavy (non-hydrogen) atoms. The van der Waals surface area contributed by atoms with E-state index in [0.717, 1.165) is 9.50 Å². The highest BCUT2D eigenvalue weighted by atomic mass is 79.9. The Labute approximate surface area is 128 Å². The summed E-state index contributed by atoms with van der Waals surface area (Å²) < 4.78 is 1.13. The smallest absolute Gasteiger partial charge is 0.0409 e. The van der Waals surface area contributed by atoms with Crippen LogP contribution in [0.3, 0.4) is 0 Å². The van der Waals surface area contributed by atoms with Crippen LogP contribution < -0.4 is 5.32 Å². The second-order valence-corrected chi connectivity index (χ2v) is 5.98. The lowest BCUT2D eigenvalue weighted by Crippen LogP contribution is -2.22. The molecule has 0 spiro atoms. The number of halogens is 2. The van der Waals surface area contributed by atoms with Crippen molar-refractivity contribution < 1.29 is 0 Å². The highest BCUT2D eigenvalue weighted by Crippen LogP contribution is 2.26. The van der Waals surface area contributed by atoms with Crippen LogP contribution in [0.5, 0.6) is 0 Å². The van der Waals surface area contributed by atoms with Crippen molar-refractivity contribution in [3.05, 3.63) is 69.2 Å². The Kier molecular flexibility index (Phi) is 5.03. The topological polar surface area (TPSA) is 12.0 Å². The average molecular weight is 339 g/mol. The molecular formula is C16H17BrClN. The predicted molar refractivity (Wildman–Crippen MR) is 85.6 cm³/mol. The molecule has 0 amide bonds. The minimum atomic E-state index is 0.251. The molecule has 0 heterocycles. The Bertz CT molecular complexity index is 556. The minimum Gasteiger partial charge on any atom is -0.304 e. The van der Waals surface area contributed by atoms with Crippen LogP contribution in [0, 0.1) is 0 Å². The van der Waals surface area contributed by atoms with E-state index in [1.807, 2.05) is 24.3 Å². The fourth-order valence-electron chi connectivity index (χ4n) is 2.16. The molecular weight excluding hydrogens is 322 g/mol. The summed E-state index contributed by atoms with van der Waals surface area (Å²) in [6.45, 7) is 4.32. The quantitative estimate of drug-likeness (QED) is 0.774. The van der Waals surface area contributed by atoms with Gasteiger partial charge in [-0.1, -0.05) is 57.9 Å². The van der Waals surface area contributed by atoms with Crippen LogP contribution in [-0.2, 0) is 0 Å².